The summed E-state index contributed by atoms with van der Waals surface area (Å²) in [4.78, 5) is 4.34. The Bertz CT molecular complexity index is 671. The predicted molar refractivity (Wildman–Crippen MR) is 77.2 cm³/mol. The number of nitrogens with two attached hydrogens (primary N) is 1. The Morgan fingerprint density at radius 2 is 1.82 bits per heavy atom. The number of nitrogen functional groups attached to an aromatic ring is 1. The van der Waals surface area contributed by atoms with Gasteiger partial charge in [-0.1, -0.05) is 36.4 Å². The van der Waals surface area contributed by atoms with Crippen LogP contribution < -0.4 is 5.73 Å². The van der Waals surface area contributed by atoms with Crippen molar-refractivity contribution < 1.29 is 0 Å². The first-order chi connectivity index (χ1) is 8.24. The highest BCUT2D eigenvalue weighted by Gasteiger charge is 2.08. The molecule has 0 atom stereocenters. The molecule has 2 N–H and O–H groups in total. The third-order valence-electron chi connectivity index (χ3n) is 2.61. The molecule has 84 valence electrons. The largest absolute Gasteiger partial charge is 0.382 e. The van der Waals surface area contributed by atoms with Gasteiger partial charge in [-0.15, -0.1) is 11.3 Å². The molecule has 2 aromatic carbocycles. The average molecular weight is 305 g/mol. The number of fused-ring (bicyclic) bond motifs is 1. The minimum Gasteiger partial charge on any atom is -0.382 e. The van der Waals surface area contributed by atoms with Crippen molar-refractivity contribution in [2.24, 2.45) is 0 Å². The molecule has 0 spiro atoms. The van der Waals surface area contributed by atoms with Crippen molar-refractivity contribution in [1.82, 2.24) is 4.98 Å². The lowest BCUT2D eigenvalue weighted by Gasteiger charge is -2.00. The first-order valence-corrected chi connectivity index (χ1v) is 6.76. The molecule has 0 fully saturated rings. The zero-order chi connectivity index (χ0) is 11.8. The molecule has 0 unspecified atom stereocenters. The van der Waals surface area contributed by atoms with Gasteiger partial charge in [-0.25, -0.2) is 4.98 Å². The van der Waals surface area contributed by atoms with Gasteiger partial charge in [-0.05, 0) is 32.8 Å². The molecule has 0 bridgehead atoms. The summed E-state index contributed by atoms with van der Waals surface area (Å²) in [6.07, 6.45) is 0. The molecule has 2 nitrogen and oxygen atoms in total. The summed E-state index contributed by atoms with van der Waals surface area (Å²) >= 11 is 4.95. The molecule has 3 aromatic rings. The van der Waals surface area contributed by atoms with Crippen LogP contribution in [0.2, 0.25) is 0 Å². The normalized spacial score (nSPS) is 10.9. The van der Waals surface area contributed by atoms with Crippen LogP contribution in [-0.2, 0) is 0 Å². The lowest BCUT2D eigenvalue weighted by atomic mass is 10.1. The zero-order valence-corrected chi connectivity index (χ0v) is 11.3. The Morgan fingerprint density at radius 1 is 1.06 bits per heavy atom. The van der Waals surface area contributed by atoms with E-state index in [2.05, 4.69) is 51.2 Å². The van der Waals surface area contributed by atoms with Crippen LogP contribution in [0.15, 0.2) is 46.3 Å². The first kappa shape index (κ1) is 10.7. The fourth-order valence-corrected chi connectivity index (χ4v) is 3.02. The summed E-state index contributed by atoms with van der Waals surface area (Å²) in [5, 5.41) is 3.40. The first-order valence-electron chi connectivity index (χ1n) is 5.15. The summed E-state index contributed by atoms with van der Waals surface area (Å²) in [5.74, 6) is 0.554. The summed E-state index contributed by atoms with van der Waals surface area (Å²) in [6, 6.07) is 14.6. The Hall–Kier alpha value is -1.39. The fraction of sp³-hybridized carbons (Fsp3) is 0. The van der Waals surface area contributed by atoms with E-state index in [1.54, 1.807) is 11.3 Å². The van der Waals surface area contributed by atoms with Gasteiger partial charge in [0.15, 0.2) is 0 Å². The minimum absolute atomic E-state index is 0.554. The molecule has 0 saturated heterocycles. The van der Waals surface area contributed by atoms with Gasteiger partial charge in [-0.2, -0.15) is 0 Å². The van der Waals surface area contributed by atoms with Crippen LogP contribution >= 0.6 is 27.3 Å². The maximum Gasteiger partial charge on any atom is 0.149 e. The van der Waals surface area contributed by atoms with Crippen LogP contribution in [0.4, 0.5) is 5.82 Å². The number of hydrogen-bond acceptors (Lipinski definition) is 3. The molecule has 1 aromatic heterocycles. The molecule has 0 aliphatic rings. The lowest BCUT2D eigenvalue weighted by molar-refractivity contribution is 1.41. The van der Waals surface area contributed by atoms with Crippen molar-refractivity contribution in [3.8, 4) is 10.6 Å². The Kier molecular flexibility index (Phi) is 2.61. The van der Waals surface area contributed by atoms with Gasteiger partial charge in [0, 0.05) is 5.56 Å². The molecule has 4 heteroatoms. The third-order valence-corrected chi connectivity index (χ3v) is 4.41. The van der Waals surface area contributed by atoms with Gasteiger partial charge in [0.1, 0.15) is 14.6 Å². The molecule has 1 heterocycles. The predicted octanol–water partition coefficient (Wildman–Crippen LogP) is 4.31. The van der Waals surface area contributed by atoms with Gasteiger partial charge in [-0.3, -0.25) is 0 Å². The number of hydrogen-bond donors (Lipinski definition) is 1. The van der Waals surface area contributed by atoms with Crippen LogP contribution in [0.3, 0.4) is 0 Å². The van der Waals surface area contributed by atoms with E-state index >= 15 is 0 Å². The van der Waals surface area contributed by atoms with E-state index in [0.717, 1.165) is 14.4 Å². The maximum absolute atomic E-state index is 5.74. The topological polar surface area (TPSA) is 38.9 Å². The Morgan fingerprint density at radius 3 is 2.53 bits per heavy atom. The zero-order valence-electron chi connectivity index (χ0n) is 8.85. The van der Waals surface area contributed by atoms with Gasteiger partial charge < -0.3 is 5.73 Å². The molecule has 0 saturated carbocycles. The number of nitrogens with zero attached hydrogens (tertiary/aromatic N) is 1. The molecular weight excluding hydrogens is 296 g/mol. The van der Waals surface area contributed by atoms with E-state index in [-0.39, 0.29) is 0 Å². The molecule has 0 radical (unpaired) electrons. The van der Waals surface area contributed by atoms with E-state index in [4.69, 9.17) is 5.73 Å². The quantitative estimate of drug-likeness (QED) is 0.727. The number of aromatic nitrogens is 1. The van der Waals surface area contributed by atoms with Crippen LogP contribution in [-0.4, -0.2) is 4.98 Å². The number of benzene rings is 2. The highest BCUT2D eigenvalue weighted by molar-refractivity contribution is 9.11. The van der Waals surface area contributed by atoms with Crippen LogP contribution in [0, 0.1) is 0 Å². The van der Waals surface area contributed by atoms with Crippen molar-refractivity contribution in [2.45, 2.75) is 0 Å². The highest BCUT2D eigenvalue weighted by Crippen LogP contribution is 2.34. The number of anilines is 1. The molecule has 17 heavy (non-hydrogen) atoms. The van der Waals surface area contributed by atoms with Crippen LogP contribution in [0.5, 0.6) is 0 Å². The monoisotopic (exact) mass is 304 g/mol. The second kappa shape index (κ2) is 4.13. The average Bonchev–Trinajstić information content (AvgIpc) is 2.69. The van der Waals surface area contributed by atoms with Crippen molar-refractivity contribution in [3.05, 3.63) is 46.3 Å². The molecule has 0 aliphatic heterocycles. The Labute approximate surface area is 111 Å². The van der Waals surface area contributed by atoms with Crippen molar-refractivity contribution in [3.63, 3.8) is 0 Å². The second-order valence-electron chi connectivity index (χ2n) is 3.74. The highest BCUT2D eigenvalue weighted by atomic mass is 79.9. The Balaban J connectivity index is 2.17. The molecule has 0 amide bonds. The molecular formula is C13H9BrN2S. The maximum atomic E-state index is 5.74. The summed E-state index contributed by atoms with van der Waals surface area (Å²) in [7, 11) is 0. The van der Waals surface area contributed by atoms with E-state index < -0.39 is 0 Å². The van der Waals surface area contributed by atoms with Crippen molar-refractivity contribution in [1.29, 1.82) is 0 Å². The minimum atomic E-state index is 0.554. The van der Waals surface area contributed by atoms with Gasteiger partial charge >= 0.3 is 0 Å². The third kappa shape index (κ3) is 1.94. The van der Waals surface area contributed by atoms with Crippen LogP contribution in [0.1, 0.15) is 0 Å². The van der Waals surface area contributed by atoms with E-state index in [0.29, 0.717) is 5.82 Å². The van der Waals surface area contributed by atoms with Crippen molar-refractivity contribution in [2.75, 3.05) is 5.73 Å². The standard InChI is InChI=1S/C13H9BrN2S/c14-11-12(15)16-13(17-11)10-6-5-8-3-1-2-4-9(8)7-10/h1-7H,15H2. The van der Waals surface area contributed by atoms with Gasteiger partial charge in [0.05, 0.1) is 0 Å². The van der Waals surface area contributed by atoms with Gasteiger partial charge in [0.25, 0.3) is 0 Å². The number of halogens is 1. The number of thiazole rings is 1. The van der Waals surface area contributed by atoms with E-state index in [1.165, 1.54) is 10.8 Å². The fourth-order valence-electron chi connectivity index (χ4n) is 1.76. The lowest BCUT2D eigenvalue weighted by Crippen LogP contribution is -1.84. The van der Waals surface area contributed by atoms with Crippen molar-refractivity contribution >= 4 is 43.9 Å². The van der Waals surface area contributed by atoms with Crippen LogP contribution in [0.25, 0.3) is 21.3 Å². The summed E-state index contributed by atoms with van der Waals surface area (Å²) in [5.41, 5.74) is 6.85. The summed E-state index contributed by atoms with van der Waals surface area (Å²) < 4.78 is 0.889. The smallest absolute Gasteiger partial charge is 0.149 e. The number of rotatable bonds is 1. The van der Waals surface area contributed by atoms with Gasteiger partial charge in [0.2, 0.25) is 0 Å². The molecule has 0 aliphatic carbocycles. The SMILES string of the molecule is Nc1nc(-c2ccc3ccccc3c2)sc1Br. The summed E-state index contributed by atoms with van der Waals surface area (Å²) in [6.45, 7) is 0. The van der Waals surface area contributed by atoms with E-state index in [9.17, 15) is 0 Å². The van der Waals surface area contributed by atoms with E-state index in [1.807, 2.05) is 12.1 Å². The second-order valence-corrected chi connectivity index (χ2v) is 6.06. The molecule has 3 rings (SSSR count).